The van der Waals surface area contributed by atoms with Crippen LogP contribution in [0.5, 0.6) is 0 Å². The molecule has 4 rings (SSSR count). The highest BCUT2D eigenvalue weighted by Crippen LogP contribution is 2.32. The van der Waals surface area contributed by atoms with Gasteiger partial charge in [-0.1, -0.05) is 12.1 Å². The lowest BCUT2D eigenvalue weighted by Gasteiger charge is -2.38. The minimum absolute atomic E-state index is 0.148. The minimum atomic E-state index is 0.148. The van der Waals surface area contributed by atoms with E-state index in [4.69, 9.17) is 15.0 Å². The van der Waals surface area contributed by atoms with E-state index in [2.05, 4.69) is 33.4 Å². The van der Waals surface area contributed by atoms with E-state index in [1.165, 1.54) is 5.56 Å². The predicted octanol–water partition coefficient (Wildman–Crippen LogP) is 1.82. The molecule has 120 valence electrons. The van der Waals surface area contributed by atoms with Crippen molar-refractivity contribution in [1.82, 2.24) is 15.0 Å². The molecule has 2 saturated heterocycles. The monoisotopic (exact) mass is 320 g/mol. The lowest BCUT2D eigenvalue weighted by Crippen LogP contribution is -2.45. The number of rotatable bonds is 3. The van der Waals surface area contributed by atoms with Crippen molar-refractivity contribution >= 4 is 5.95 Å². The molecule has 2 fully saturated rings. The van der Waals surface area contributed by atoms with Crippen LogP contribution in [0, 0.1) is 22.8 Å². The Balaban J connectivity index is 1.39. The summed E-state index contributed by atoms with van der Waals surface area (Å²) in [5.74, 6) is 1.78. The lowest BCUT2D eigenvalue weighted by atomic mass is 9.91. The number of hydrogen-bond acceptors (Lipinski definition) is 7. The third-order valence-corrected chi connectivity index (χ3v) is 4.76. The summed E-state index contributed by atoms with van der Waals surface area (Å²) in [4.78, 5) is 8.30. The van der Waals surface area contributed by atoms with Crippen LogP contribution in [0.4, 0.5) is 5.95 Å². The van der Waals surface area contributed by atoms with Gasteiger partial charge in [0, 0.05) is 32.1 Å². The summed E-state index contributed by atoms with van der Waals surface area (Å²) in [7, 11) is 0. The summed E-state index contributed by atoms with van der Waals surface area (Å²) in [6.45, 7) is 3.05. The van der Waals surface area contributed by atoms with E-state index < -0.39 is 0 Å². The second kappa shape index (κ2) is 5.86. The van der Waals surface area contributed by atoms with Crippen molar-refractivity contribution in [2.45, 2.75) is 18.3 Å². The number of aromatic nitrogens is 2. The molecule has 0 saturated carbocycles. The highest BCUT2D eigenvalue weighted by molar-refractivity contribution is 5.42. The fraction of sp³-hybridized carbons (Fsp3) is 0.412. The topological polar surface area (TPSA) is 93.0 Å². The van der Waals surface area contributed by atoms with E-state index in [9.17, 15) is 0 Å². The van der Waals surface area contributed by atoms with E-state index in [0.29, 0.717) is 29.9 Å². The first kappa shape index (κ1) is 14.5. The fourth-order valence-corrected chi connectivity index (χ4v) is 3.29. The largest absolute Gasteiger partial charge is 0.337 e. The van der Waals surface area contributed by atoms with Gasteiger partial charge in [0.25, 0.3) is 5.95 Å². The molecule has 0 aliphatic carbocycles. The molecule has 1 aromatic heterocycles. The van der Waals surface area contributed by atoms with Crippen molar-refractivity contribution < 1.29 is 4.52 Å². The van der Waals surface area contributed by atoms with Gasteiger partial charge in [-0.05, 0) is 29.3 Å². The van der Waals surface area contributed by atoms with Crippen LogP contribution in [0.2, 0.25) is 0 Å². The Kier molecular flexibility index (Phi) is 3.55. The van der Waals surface area contributed by atoms with Crippen molar-refractivity contribution in [1.29, 1.82) is 10.5 Å². The molecule has 0 amide bonds. The third kappa shape index (κ3) is 2.55. The van der Waals surface area contributed by atoms with Crippen LogP contribution in [0.15, 0.2) is 28.8 Å². The highest BCUT2D eigenvalue weighted by Gasteiger charge is 2.33. The highest BCUT2D eigenvalue weighted by atomic mass is 16.5. The third-order valence-electron chi connectivity index (χ3n) is 4.76. The van der Waals surface area contributed by atoms with Crippen LogP contribution < -0.4 is 4.90 Å². The van der Waals surface area contributed by atoms with Gasteiger partial charge in [-0.15, -0.1) is 0 Å². The van der Waals surface area contributed by atoms with E-state index >= 15 is 0 Å². The maximum Gasteiger partial charge on any atom is 0.266 e. The Hall–Kier alpha value is -3.06. The van der Waals surface area contributed by atoms with Gasteiger partial charge >= 0.3 is 0 Å². The summed E-state index contributed by atoms with van der Waals surface area (Å²) in [5, 5.41) is 22.0. The van der Waals surface area contributed by atoms with Crippen LogP contribution in [0.1, 0.15) is 35.3 Å². The van der Waals surface area contributed by atoms with Crippen LogP contribution in [0.25, 0.3) is 0 Å². The van der Waals surface area contributed by atoms with Gasteiger partial charge in [-0.2, -0.15) is 15.5 Å². The Morgan fingerprint density at radius 3 is 2.79 bits per heavy atom. The summed E-state index contributed by atoms with van der Waals surface area (Å²) >= 11 is 0. The number of nitrogens with zero attached hydrogens (tertiary/aromatic N) is 6. The fourth-order valence-electron chi connectivity index (χ4n) is 3.29. The normalized spacial score (nSPS) is 20.5. The number of benzene rings is 1. The first-order valence-electron chi connectivity index (χ1n) is 8.00. The van der Waals surface area contributed by atoms with E-state index in [1.54, 1.807) is 4.90 Å². The average molecular weight is 320 g/mol. The predicted molar refractivity (Wildman–Crippen MR) is 85.0 cm³/mol. The van der Waals surface area contributed by atoms with Gasteiger partial charge in [0.05, 0.1) is 17.6 Å². The standard InChI is InChI=1S/C17H16N6O/c18-7-12-2-1-3-13(6-12)15-9-23(10-15)17-20-16(24-21-17)14-4-5-22(8-14)11-19/h1-3,6,14-15H,4-5,8-10H2. The van der Waals surface area contributed by atoms with Gasteiger partial charge in [0.15, 0.2) is 6.19 Å². The molecule has 1 unspecified atom stereocenters. The zero-order valence-corrected chi connectivity index (χ0v) is 13.1. The van der Waals surface area contributed by atoms with Crippen LogP contribution in [-0.2, 0) is 0 Å². The van der Waals surface area contributed by atoms with E-state index in [1.807, 2.05) is 18.2 Å². The zero-order chi connectivity index (χ0) is 16.5. The lowest BCUT2D eigenvalue weighted by molar-refractivity contribution is 0.349. The van der Waals surface area contributed by atoms with Crippen LogP contribution in [-0.4, -0.2) is 41.2 Å². The minimum Gasteiger partial charge on any atom is -0.337 e. The summed E-state index contributed by atoms with van der Waals surface area (Å²) in [6, 6.07) is 9.91. The molecule has 2 aliphatic heterocycles. The van der Waals surface area contributed by atoms with Gasteiger partial charge in [0.2, 0.25) is 5.89 Å². The molecule has 1 atom stereocenters. The maximum absolute atomic E-state index is 8.99. The molecular formula is C17H16N6O. The zero-order valence-electron chi connectivity index (χ0n) is 13.1. The summed E-state index contributed by atoms with van der Waals surface area (Å²) in [6.07, 6.45) is 3.03. The molecule has 0 spiro atoms. The van der Waals surface area contributed by atoms with Gasteiger partial charge in [-0.3, -0.25) is 0 Å². The average Bonchev–Trinajstić information content (AvgIpc) is 3.22. The van der Waals surface area contributed by atoms with Crippen molar-refractivity contribution in [3.8, 4) is 12.3 Å². The second-order valence-electron chi connectivity index (χ2n) is 6.30. The van der Waals surface area contributed by atoms with Gasteiger partial charge in [0.1, 0.15) is 0 Å². The van der Waals surface area contributed by atoms with Crippen LogP contribution in [0.3, 0.4) is 0 Å². The Morgan fingerprint density at radius 1 is 1.17 bits per heavy atom. The summed E-state index contributed by atoms with van der Waals surface area (Å²) in [5.41, 5.74) is 1.87. The first-order valence-corrected chi connectivity index (χ1v) is 8.00. The number of hydrogen-bond donors (Lipinski definition) is 0. The Morgan fingerprint density at radius 2 is 2.04 bits per heavy atom. The molecule has 3 heterocycles. The molecule has 2 aliphatic rings. The molecule has 2 aromatic rings. The second-order valence-corrected chi connectivity index (χ2v) is 6.30. The maximum atomic E-state index is 8.99. The molecule has 1 aromatic carbocycles. The van der Waals surface area contributed by atoms with E-state index in [0.717, 1.165) is 26.1 Å². The molecule has 0 bridgehead atoms. The molecular weight excluding hydrogens is 304 g/mol. The number of anilines is 1. The first-order chi connectivity index (χ1) is 11.8. The number of likely N-dealkylation sites (tertiary alicyclic amines) is 1. The van der Waals surface area contributed by atoms with E-state index in [-0.39, 0.29) is 5.92 Å². The molecule has 24 heavy (non-hydrogen) atoms. The summed E-state index contributed by atoms with van der Waals surface area (Å²) < 4.78 is 5.39. The van der Waals surface area contributed by atoms with Gasteiger partial charge in [-0.25, -0.2) is 0 Å². The quantitative estimate of drug-likeness (QED) is 0.796. The Bertz CT molecular complexity index is 826. The Labute approximate surface area is 139 Å². The van der Waals surface area contributed by atoms with Crippen LogP contribution >= 0.6 is 0 Å². The number of nitriles is 2. The van der Waals surface area contributed by atoms with Gasteiger partial charge < -0.3 is 14.3 Å². The molecule has 0 N–H and O–H groups in total. The molecule has 7 nitrogen and oxygen atoms in total. The van der Waals surface area contributed by atoms with Crippen molar-refractivity contribution in [3.05, 3.63) is 41.3 Å². The van der Waals surface area contributed by atoms with Crippen molar-refractivity contribution in [3.63, 3.8) is 0 Å². The molecule has 7 heteroatoms. The SMILES string of the molecule is N#Cc1cccc(C2CN(c3noc(C4CCN(C#N)C4)n3)C2)c1. The van der Waals surface area contributed by atoms with Crippen molar-refractivity contribution in [2.24, 2.45) is 0 Å². The van der Waals surface area contributed by atoms with Crippen molar-refractivity contribution in [2.75, 3.05) is 31.1 Å². The smallest absolute Gasteiger partial charge is 0.266 e. The molecule has 0 radical (unpaired) electrons.